The molecule has 0 bridgehead atoms. The van der Waals surface area contributed by atoms with Crippen LogP contribution in [0.1, 0.15) is 49.7 Å². The number of hydrogen-bond acceptors (Lipinski definition) is 2. The standard InChI is InChI=1S/C19H29FN4O.HI/c1-14-12-15(8-9-17(14)20)13-23-19(21-2)22-11-10-18(25)24-16-6-4-3-5-7-16;/h8-9,12,16H,3-7,10-11,13H2,1-2H3,(H,24,25)(H2,21,22,23);1H. The Morgan fingerprint density at radius 2 is 1.96 bits per heavy atom. The molecule has 0 spiro atoms. The molecule has 26 heavy (non-hydrogen) atoms. The van der Waals surface area contributed by atoms with Crippen LogP contribution in [0.4, 0.5) is 4.39 Å². The zero-order valence-electron chi connectivity index (χ0n) is 15.6. The van der Waals surface area contributed by atoms with E-state index in [-0.39, 0.29) is 35.7 Å². The van der Waals surface area contributed by atoms with E-state index in [4.69, 9.17) is 0 Å². The summed E-state index contributed by atoms with van der Waals surface area (Å²) in [4.78, 5) is 16.1. The third-order valence-electron chi connectivity index (χ3n) is 4.52. The Bertz CT molecular complexity index is 603. The monoisotopic (exact) mass is 476 g/mol. The fourth-order valence-electron chi connectivity index (χ4n) is 3.06. The molecule has 146 valence electrons. The lowest BCUT2D eigenvalue weighted by molar-refractivity contribution is -0.121. The minimum Gasteiger partial charge on any atom is -0.356 e. The van der Waals surface area contributed by atoms with Crippen LogP contribution in [-0.2, 0) is 11.3 Å². The largest absolute Gasteiger partial charge is 0.356 e. The van der Waals surface area contributed by atoms with Crippen molar-refractivity contribution in [2.45, 2.75) is 58.0 Å². The maximum atomic E-state index is 13.3. The lowest BCUT2D eigenvalue weighted by Gasteiger charge is -2.22. The van der Waals surface area contributed by atoms with E-state index >= 15 is 0 Å². The number of carbonyl (C=O) groups excluding carboxylic acids is 1. The molecule has 0 heterocycles. The average Bonchev–Trinajstić information content (AvgIpc) is 2.61. The van der Waals surface area contributed by atoms with Gasteiger partial charge in [-0.1, -0.05) is 31.4 Å². The minimum atomic E-state index is -0.199. The Kier molecular flexibility index (Phi) is 10.5. The highest BCUT2D eigenvalue weighted by atomic mass is 127. The lowest BCUT2D eigenvalue weighted by Crippen LogP contribution is -2.41. The van der Waals surface area contributed by atoms with Crippen LogP contribution < -0.4 is 16.0 Å². The molecule has 1 aliphatic carbocycles. The predicted octanol–water partition coefficient (Wildman–Crippen LogP) is 3.26. The van der Waals surface area contributed by atoms with Crippen LogP contribution >= 0.6 is 24.0 Å². The van der Waals surface area contributed by atoms with Crippen molar-refractivity contribution < 1.29 is 9.18 Å². The maximum absolute atomic E-state index is 13.3. The first kappa shape index (κ1) is 22.7. The van der Waals surface area contributed by atoms with Crippen LogP contribution in [0, 0.1) is 12.7 Å². The highest BCUT2D eigenvalue weighted by Gasteiger charge is 2.15. The van der Waals surface area contributed by atoms with E-state index in [9.17, 15) is 9.18 Å². The summed E-state index contributed by atoms with van der Waals surface area (Å²) in [7, 11) is 1.69. The summed E-state index contributed by atoms with van der Waals surface area (Å²) in [6, 6.07) is 5.38. The molecule has 1 amide bonds. The molecule has 0 saturated heterocycles. The van der Waals surface area contributed by atoms with Gasteiger partial charge in [0.2, 0.25) is 5.91 Å². The summed E-state index contributed by atoms with van der Waals surface area (Å²) in [6.45, 7) is 2.83. The predicted molar refractivity (Wildman–Crippen MR) is 114 cm³/mol. The summed E-state index contributed by atoms with van der Waals surface area (Å²) in [5.41, 5.74) is 1.61. The number of nitrogens with zero attached hydrogens (tertiary/aromatic N) is 1. The van der Waals surface area contributed by atoms with Crippen LogP contribution in [0.25, 0.3) is 0 Å². The maximum Gasteiger partial charge on any atom is 0.221 e. The van der Waals surface area contributed by atoms with Gasteiger partial charge in [-0.15, -0.1) is 24.0 Å². The van der Waals surface area contributed by atoms with Gasteiger partial charge in [-0.2, -0.15) is 0 Å². The van der Waals surface area contributed by atoms with Gasteiger partial charge in [-0.05, 0) is 37.0 Å². The number of aliphatic imine (C=N–C) groups is 1. The van der Waals surface area contributed by atoms with Crippen LogP contribution in [0.3, 0.4) is 0 Å². The van der Waals surface area contributed by atoms with E-state index in [1.807, 2.05) is 6.07 Å². The van der Waals surface area contributed by atoms with Gasteiger partial charge in [0.15, 0.2) is 5.96 Å². The zero-order chi connectivity index (χ0) is 18.1. The van der Waals surface area contributed by atoms with Gasteiger partial charge in [0.1, 0.15) is 5.82 Å². The van der Waals surface area contributed by atoms with Crippen LogP contribution in [0.5, 0.6) is 0 Å². The van der Waals surface area contributed by atoms with Gasteiger partial charge in [0, 0.05) is 32.6 Å². The normalized spacial score (nSPS) is 15.1. The molecule has 3 N–H and O–H groups in total. The van der Waals surface area contributed by atoms with E-state index in [0.29, 0.717) is 37.1 Å². The molecule has 0 aromatic heterocycles. The van der Waals surface area contributed by atoms with Crippen molar-refractivity contribution in [1.82, 2.24) is 16.0 Å². The molecule has 0 aliphatic heterocycles. The summed E-state index contributed by atoms with van der Waals surface area (Å²) >= 11 is 0. The summed E-state index contributed by atoms with van der Waals surface area (Å²) in [6.07, 6.45) is 6.32. The molecule has 0 unspecified atom stereocenters. The molecule has 1 aliphatic rings. The van der Waals surface area contributed by atoms with Crippen LogP contribution in [0.15, 0.2) is 23.2 Å². The fraction of sp³-hybridized carbons (Fsp3) is 0.579. The summed E-state index contributed by atoms with van der Waals surface area (Å²) < 4.78 is 13.3. The zero-order valence-corrected chi connectivity index (χ0v) is 17.9. The third-order valence-corrected chi connectivity index (χ3v) is 4.52. The van der Waals surface area contributed by atoms with E-state index < -0.39 is 0 Å². The molecule has 0 radical (unpaired) electrons. The number of halogens is 2. The third kappa shape index (κ3) is 7.88. The second-order valence-electron chi connectivity index (χ2n) is 6.59. The van der Waals surface area contributed by atoms with Crippen molar-refractivity contribution in [3.63, 3.8) is 0 Å². The molecule has 1 fully saturated rings. The molecule has 1 aromatic carbocycles. The highest BCUT2D eigenvalue weighted by molar-refractivity contribution is 14.0. The quantitative estimate of drug-likeness (QED) is 0.336. The Morgan fingerprint density at radius 1 is 1.23 bits per heavy atom. The van der Waals surface area contributed by atoms with Crippen molar-refractivity contribution in [1.29, 1.82) is 0 Å². The van der Waals surface area contributed by atoms with E-state index in [1.54, 1.807) is 20.0 Å². The molecular formula is C19H30FIN4O. The van der Waals surface area contributed by atoms with Gasteiger partial charge in [-0.3, -0.25) is 9.79 Å². The van der Waals surface area contributed by atoms with Crippen molar-refractivity contribution in [2.24, 2.45) is 4.99 Å². The van der Waals surface area contributed by atoms with Crippen LogP contribution in [0.2, 0.25) is 0 Å². The number of benzene rings is 1. The van der Waals surface area contributed by atoms with E-state index in [1.165, 1.54) is 25.3 Å². The Morgan fingerprint density at radius 3 is 2.62 bits per heavy atom. The number of guanidine groups is 1. The molecule has 5 nitrogen and oxygen atoms in total. The number of carbonyl (C=O) groups is 1. The average molecular weight is 476 g/mol. The second kappa shape index (κ2) is 12.1. The number of rotatable bonds is 6. The van der Waals surface area contributed by atoms with Gasteiger partial charge in [0.05, 0.1) is 0 Å². The summed E-state index contributed by atoms with van der Waals surface area (Å²) in [5, 5.41) is 9.42. The number of aryl methyl sites for hydroxylation is 1. The van der Waals surface area contributed by atoms with Crippen LogP contribution in [-0.4, -0.2) is 31.5 Å². The molecule has 2 rings (SSSR count). The Hall–Kier alpha value is -1.38. The topological polar surface area (TPSA) is 65.5 Å². The van der Waals surface area contributed by atoms with E-state index in [0.717, 1.165) is 18.4 Å². The lowest BCUT2D eigenvalue weighted by atomic mass is 9.95. The molecule has 1 saturated carbocycles. The van der Waals surface area contributed by atoms with Gasteiger partial charge < -0.3 is 16.0 Å². The first-order valence-corrected chi connectivity index (χ1v) is 9.07. The van der Waals surface area contributed by atoms with Gasteiger partial charge >= 0.3 is 0 Å². The van der Waals surface area contributed by atoms with E-state index in [2.05, 4.69) is 20.9 Å². The smallest absolute Gasteiger partial charge is 0.221 e. The number of nitrogens with one attached hydrogen (secondary N) is 3. The second-order valence-corrected chi connectivity index (χ2v) is 6.59. The van der Waals surface area contributed by atoms with Crippen molar-refractivity contribution in [2.75, 3.05) is 13.6 Å². The molecular weight excluding hydrogens is 446 g/mol. The molecule has 7 heteroatoms. The number of hydrogen-bond donors (Lipinski definition) is 3. The first-order chi connectivity index (χ1) is 12.1. The Labute approximate surface area is 172 Å². The first-order valence-electron chi connectivity index (χ1n) is 9.07. The van der Waals surface area contributed by atoms with Gasteiger partial charge in [-0.25, -0.2) is 4.39 Å². The molecule has 0 atom stereocenters. The minimum absolute atomic E-state index is 0. The highest BCUT2D eigenvalue weighted by Crippen LogP contribution is 2.17. The molecule has 1 aromatic rings. The van der Waals surface area contributed by atoms with Crippen molar-refractivity contribution >= 4 is 35.8 Å². The number of amides is 1. The SMILES string of the molecule is CN=C(NCCC(=O)NC1CCCCC1)NCc1ccc(F)c(C)c1.I. The fourth-order valence-corrected chi connectivity index (χ4v) is 3.06. The van der Waals surface area contributed by atoms with Gasteiger partial charge in [0.25, 0.3) is 0 Å². The Balaban J connectivity index is 0.00000338. The van der Waals surface area contributed by atoms with Crippen molar-refractivity contribution in [3.8, 4) is 0 Å². The van der Waals surface area contributed by atoms with Crippen molar-refractivity contribution in [3.05, 3.63) is 35.1 Å². The summed E-state index contributed by atoms with van der Waals surface area (Å²) in [5.74, 6) is 0.520.